The van der Waals surface area contributed by atoms with Gasteiger partial charge in [0.05, 0.1) is 20.1 Å². The zero-order chi connectivity index (χ0) is 13.7. The van der Waals surface area contributed by atoms with Gasteiger partial charge in [-0.1, -0.05) is 12.8 Å². The number of hydrogen-bond donors (Lipinski definition) is 0. The Morgan fingerprint density at radius 2 is 1.95 bits per heavy atom. The van der Waals surface area contributed by atoms with E-state index in [1.54, 1.807) is 14.2 Å². The average molecular weight is 264 g/mol. The highest BCUT2D eigenvalue weighted by Crippen LogP contribution is 2.28. The molecule has 1 aromatic rings. The smallest absolute Gasteiger partial charge is 0.309 e. The monoisotopic (exact) mass is 264 g/mol. The molecule has 1 saturated carbocycles. The number of rotatable bonds is 5. The third-order valence-corrected chi connectivity index (χ3v) is 3.55. The van der Waals surface area contributed by atoms with E-state index in [4.69, 9.17) is 14.2 Å². The Bertz CT molecular complexity index is 436. The van der Waals surface area contributed by atoms with Gasteiger partial charge in [0.2, 0.25) is 0 Å². The topological polar surface area (TPSA) is 44.8 Å². The number of carbonyl (C=O) groups excluding carboxylic acids is 1. The molecule has 0 atom stereocenters. The van der Waals surface area contributed by atoms with E-state index in [0.717, 1.165) is 37.0 Å². The van der Waals surface area contributed by atoms with Gasteiger partial charge in [0.1, 0.15) is 18.1 Å². The highest BCUT2D eigenvalue weighted by molar-refractivity contribution is 5.72. The van der Waals surface area contributed by atoms with Gasteiger partial charge in [-0.25, -0.2) is 0 Å². The number of methoxy groups -OCH3 is 2. The zero-order valence-corrected chi connectivity index (χ0v) is 11.5. The molecule has 0 heterocycles. The SMILES string of the molecule is COc1ccc(OC)c(COC(=O)C2CCCC2)c1. The van der Waals surface area contributed by atoms with Gasteiger partial charge in [0.15, 0.2) is 0 Å². The van der Waals surface area contributed by atoms with Crippen molar-refractivity contribution in [3.05, 3.63) is 23.8 Å². The molecule has 1 aliphatic rings. The van der Waals surface area contributed by atoms with Crippen LogP contribution >= 0.6 is 0 Å². The molecule has 0 bridgehead atoms. The Kier molecular flexibility index (Phi) is 4.66. The van der Waals surface area contributed by atoms with E-state index in [0.29, 0.717) is 5.75 Å². The maximum Gasteiger partial charge on any atom is 0.309 e. The summed E-state index contributed by atoms with van der Waals surface area (Å²) >= 11 is 0. The van der Waals surface area contributed by atoms with Crippen molar-refractivity contribution < 1.29 is 19.0 Å². The van der Waals surface area contributed by atoms with Crippen molar-refractivity contribution >= 4 is 5.97 Å². The lowest BCUT2D eigenvalue weighted by Gasteiger charge is -2.13. The van der Waals surface area contributed by atoms with Crippen LogP contribution in [0.15, 0.2) is 18.2 Å². The minimum atomic E-state index is -0.0950. The molecular formula is C15H20O4. The minimum absolute atomic E-state index is 0.0802. The van der Waals surface area contributed by atoms with E-state index in [-0.39, 0.29) is 18.5 Å². The molecular weight excluding hydrogens is 244 g/mol. The van der Waals surface area contributed by atoms with Gasteiger partial charge in [-0.15, -0.1) is 0 Å². The molecule has 0 aromatic heterocycles. The molecule has 1 aromatic carbocycles. The fraction of sp³-hybridized carbons (Fsp3) is 0.533. The zero-order valence-electron chi connectivity index (χ0n) is 11.5. The molecule has 19 heavy (non-hydrogen) atoms. The van der Waals surface area contributed by atoms with E-state index in [2.05, 4.69) is 0 Å². The lowest BCUT2D eigenvalue weighted by atomic mass is 10.1. The summed E-state index contributed by atoms with van der Waals surface area (Å²) in [4.78, 5) is 11.9. The van der Waals surface area contributed by atoms with Crippen LogP contribution in [-0.4, -0.2) is 20.2 Å². The molecule has 0 saturated heterocycles. The van der Waals surface area contributed by atoms with Crippen LogP contribution in [-0.2, 0) is 16.1 Å². The maximum absolute atomic E-state index is 11.9. The summed E-state index contributed by atoms with van der Waals surface area (Å²) in [5.74, 6) is 1.42. The fourth-order valence-corrected chi connectivity index (χ4v) is 2.42. The van der Waals surface area contributed by atoms with Crippen LogP contribution < -0.4 is 9.47 Å². The summed E-state index contributed by atoms with van der Waals surface area (Å²) in [5.41, 5.74) is 0.827. The Balaban J connectivity index is 1.99. The second-order valence-electron chi connectivity index (χ2n) is 4.77. The van der Waals surface area contributed by atoms with Gasteiger partial charge >= 0.3 is 5.97 Å². The van der Waals surface area contributed by atoms with Crippen LogP contribution in [0.25, 0.3) is 0 Å². The number of ether oxygens (including phenoxy) is 3. The predicted octanol–water partition coefficient (Wildman–Crippen LogP) is 2.94. The van der Waals surface area contributed by atoms with Crippen molar-refractivity contribution in [3.63, 3.8) is 0 Å². The van der Waals surface area contributed by atoms with E-state index in [1.165, 1.54) is 0 Å². The average Bonchev–Trinajstić information content (AvgIpc) is 2.98. The molecule has 0 unspecified atom stereocenters. The first-order valence-electron chi connectivity index (χ1n) is 6.62. The summed E-state index contributed by atoms with van der Waals surface area (Å²) < 4.78 is 15.8. The van der Waals surface area contributed by atoms with Crippen LogP contribution in [0.4, 0.5) is 0 Å². The predicted molar refractivity (Wildman–Crippen MR) is 71.3 cm³/mol. The summed E-state index contributed by atoms with van der Waals surface area (Å²) in [5, 5.41) is 0. The summed E-state index contributed by atoms with van der Waals surface area (Å²) in [7, 11) is 3.21. The van der Waals surface area contributed by atoms with Crippen LogP contribution in [0.2, 0.25) is 0 Å². The van der Waals surface area contributed by atoms with E-state index >= 15 is 0 Å². The van der Waals surface area contributed by atoms with Gasteiger partial charge < -0.3 is 14.2 Å². The molecule has 104 valence electrons. The molecule has 0 aliphatic heterocycles. The Morgan fingerprint density at radius 1 is 1.21 bits per heavy atom. The van der Waals surface area contributed by atoms with Crippen LogP contribution in [0.5, 0.6) is 11.5 Å². The van der Waals surface area contributed by atoms with Gasteiger partial charge in [-0.05, 0) is 31.0 Å². The summed E-state index contributed by atoms with van der Waals surface area (Å²) in [6.45, 7) is 0.232. The number of carbonyl (C=O) groups is 1. The Hall–Kier alpha value is -1.71. The summed E-state index contributed by atoms with van der Waals surface area (Å²) in [6, 6.07) is 5.47. The molecule has 4 heteroatoms. The first kappa shape index (κ1) is 13.7. The maximum atomic E-state index is 11.9. The van der Waals surface area contributed by atoms with E-state index in [9.17, 15) is 4.79 Å². The Morgan fingerprint density at radius 3 is 2.58 bits per heavy atom. The molecule has 1 aliphatic carbocycles. The van der Waals surface area contributed by atoms with Crippen LogP contribution in [0, 0.1) is 5.92 Å². The highest BCUT2D eigenvalue weighted by Gasteiger charge is 2.24. The van der Waals surface area contributed by atoms with E-state index < -0.39 is 0 Å². The molecule has 0 spiro atoms. The van der Waals surface area contributed by atoms with Crippen molar-refractivity contribution in [2.75, 3.05) is 14.2 Å². The van der Waals surface area contributed by atoms with Gasteiger partial charge in [0.25, 0.3) is 0 Å². The number of esters is 1. The van der Waals surface area contributed by atoms with Crippen molar-refractivity contribution in [3.8, 4) is 11.5 Å². The quantitative estimate of drug-likeness (QED) is 0.767. The van der Waals surface area contributed by atoms with Crippen LogP contribution in [0.1, 0.15) is 31.2 Å². The molecule has 2 rings (SSSR count). The third-order valence-electron chi connectivity index (χ3n) is 3.55. The molecule has 4 nitrogen and oxygen atoms in total. The van der Waals surface area contributed by atoms with Gasteiger partial charge in [0, 0.05) is 5.56 Å². The molecule has 1 fully saturated rings. The minimum Gasteiger partial charge on any atom is -0.497 e. The third kappa shape index (κ3) is 3.40. The number of hydrogen-bond acceptors (Lipinski definition) is 4. The second-order valence-corrected chi connectivity index (χ2v) is 4.77. The van der Waals surface area contributed by atoms with Crippen molar-refractivity contribution in [2.45, 2.75) is 32.3 Å². The standard InChI is InChI=1S/C15H20O4/c1-17-13-7-8-14(18-2)12(9-13)10-19-15(16)11-5-3-4-6-11/h7-9,11H,3-6,10H2,1-2H3. The first-order valence-corrected chi connectivity index (χ1v) is 6.62. The summed E-state index contributed by atoms with van der Waals surface area (Å²) in [6.07, 6.45) is 4.16. The van der Waals surface area contributed by atoms with Gasteiger partial charge in [-0.2, -0.15) is 0 Å². The Labute approximate surface area is 113 Å². The fourth-order valence-electron chi connectivity index (χ4n) is 2.42. The van der Waals surface area contributed by atoms with Gasteiger partial charge in [-0.3, -0.25) is 4.79 Å². The first-order chi connectivity index (χ1) is 9.24. The number of benzene rings is 1. The second kappa shape index (κ2) is 6.45. The molecule has 0 amide bonds. The lowest BCUT2D eigenvalue weighted by Crippen LogP contribution is -2.14. The van der Waals surface area contributed by atoms with E-state index in [1.807, 2.05) is 18.2 Å². The highest BCUT2D eigenvalue weighted by atomic mass is 16.5. The van der Waals surface area contributed by atoms with Crippen molar-refractivity contribution in [2.24, 2.45) is 5.92 Å². The largest absolute Gasteiger partial charge is 0.497 e. The van der Waals surface area contributed by atoms with Crippen molar-refractivity contribution in [1.29, 1.82) is 0 Å². The molecule has 0 N–H and O–H groups in total. The molecule has 0 radical (unpaired) electrons. The lowest BCUT2D eigenvalue weighted by molar-refractivity contribution is -0.149. The normalized spacial score (nSPS) is 15.3. The van der Waals surface area contributed by atoms with Crippen LogP contribution in [0.3, 0.4) is 0 Å². The van der Waals surface area contributed by atoms with Crippen molar-refractivity contribution in [1.82, 2.24) is 0 Å².